The minimum absolute atomic E-state index is 0.318. The SMILES string of the molecule is N[C@H](Cc1cnc[nH]1)C(=O)OCC1CCOC1. The van der Waals surface area contributed by atoms with Crippen LogP contribution in [0.4, 0.5) is 0 Å². The number of imidazole rings is 1. The van der Waals surface area contributed by atoms with E-state index in [1.807, 2.05) is 0 Å². The molecule has 2 heterocycles. The summed E-state index contributed by atoms with van der Waals surface area (Å²) in [6, 6.07) is -0.641. The van der Waals surface area contributed by atoms with Gasteiger partial charge in [-0.1, -0.05) is 0 Å². The van der Waals surface area contributed by atoms with Crippen LogP contribution in [0.2, 0.25) is 0 Å². The molecule has 2 rings (SSSR count). The third-order valence-electron chi connectivity index (χ3n) is 2.78. The van der Waals surface area contributed by atoms with Crippen LogP contribution < -0.4 is 5.73 Å². The Morgan fingerprint density at radius 1 is 1.76 bits per heavy atom. The molecule has 6 nitrogen and oxygen atoms in total. The molecular formula is C11H17N3O3. The zero-order valence-corrected chi connectivity index (χ0v) is 9.59. The van der Waals surface area contributed by atoms with Crippen molar-refractivity contribution in [2.45, 2.75) is 18.9 Å². The number of esters is 1. The van der Waals surface area contributed by atoms with Crippen LogP contribution in [-0.4, -0.2) is 41.8 Å². The van der Waals surface area contributed by atoms with Crippen molar-refractivity contribution in [1.82, 2.24) is 9.97 Å². The molecule has 1 aromatic heterocycles. The molecule has 0 radical (unpaired) electrons. The van der Waals surface area contributed by atoms with Gasteiger partial charge in [-0.05, 0) is 6.42 Å². The van der Waals surface area contributed by atoms with Gasteiger partial charge in [-0.15, -0.1) is 0 Å². The van der Waals surface area contributed by atoms with Gasteiger partial charge in [0.1, 0.15) is 6.04 Å². The Balaban J connectivity index is 1.71. The predicted molar refractivity (Wildman–Crippen MR) is 60.2 cm³/mol. The third-order valence-corrected chi connectivity index (χ3v) is 2.78. The molecule has 6 heteroatoms. The monoisotopic (exact) mass is 239 g/mol. The molecular weight excluding hydrogens is 222 g/mol. The van der Waals surface area contributed by atoms with Gasteiger partial charge in [0.25, 0.3) is 0 Å². The number of aromatic nitrogens is 2. The zero-order chi connectivity index (χ0) is 12.1. The Morgan fingerprint density at radius 2 is 2.65 bits per heavy atom. The van der Waals surface area contributed by atoms with E-state index >= 15 is 0 Å². The van der Waals surface area contributed by atoms with Crippen molar-refractivity contribution in [2.24, 2.45) is 11.7 Å². The molecule has 0 aliphatic carbocycles. The topological polar surface area (TPSA) is 90.2 Å². The predicted octanol–water partition coefficient (Wildman–Crippen LogP) is -0.141. The summed E-state index contributed by atoms with van der Waals surface area (Å²) in [5.41, 5.74) is 6.57. The van der Waals surface area contributed by atoms with E-state index in [-0.39, 0.29) is 5.97 Å². The Labute approximate surface area is 99.5 Å². The number of nitrogens with two attached hydrogens (primary N) is 1. The molecule has 1 aromatic rings. The van der Waals surface area contributed by atoms with Gasteiger partial charge in [0, 0.05) is 30.8 Å². The number of carbonyl (C=O) groups is 1. The highest BCUT2D eigenvalue weighted by atomic mass is 16.5. The number of hydrogen-bond acceptors (Lipinski definition) is 5. The van der Waals surface area contributed by atoms with Gasteiger partial charge in [0.05, 0.1) is 19.5 Å². The van der Waals surface area contributed by atoms with Gasteiger partial charge >= 0.3 is 5.97 Å². The summed E-state index contributed by atoms with van der Waals surface area (Å²) in [4.78, 5) is 18.4. The second kappa shape index (κ2) is 5.79. The maximum atomic E-state index is 11.6. The normalized spacial score (nSPS) is 21.4. The number of rotatable bonds is 5. The van der Waals surface area contributed by atoms with E-state index in [0.29, 0.717) is 25.6 Å². The smallest absolute Gasteiger partial charge is 0.323 e. The fourth-order valence-electron chi connectivity index (χ4n) is 1.74. The van der Waals surface area contributed by atoms with E-state index in [2.05, 4.69) is 9.97 Å². The van der Waals surface area contributed by atoms with E-state index in [1.165, 1.54) is 0 Å². The van der Waals surface area contributed by atoms with E-state index in [0.717, 1.165) is 18.7 Å². The highest BCUT2D eigenvalue weighted by Crippen LogP contribution is 2.12. The maximum absolute atomic E-state index is 11.6. The summed E-state index contributed by atoms with van der Waals surface area (Å²) in [6.45, 7) is 1.82. The fourth-order valence-corrected chi connectivity index (χ4v) is 1.74. The second-order valence-electron chi connectivity index (χ2n) is 4.25. The largest absolute Gasteiger partial charge is 0.464 e. The van der Waals surface area contributed by atoms with Crippen molar-refractivity contribution in [3.63, 3.8) is 0 Å². The first-order chi connectivity index (χ1) is 8.25. The first-order valence-corrected chi connectivity index (χ1v) is 5.73. The third kappa shape index (κ3) is 3.54. The van der Waals surface area contributed by atoms with Crippen molar-refractivity contribution in [3.8, 4) is 0 Å². The fraction of sp³-hybridized carbons (Fsp3) is 0.636. The Hall–Kier alpha value is -1.40. The van der Waals surface area contributed by atoms with Gasteiger partial charge in [0.15, 0.2) is 0 Å². The van der Waals surface area contributed by atoms with Crippen molar-refractivity contribution in [2.75, 3.05) is 19.8 Å². The number of ether oxygens (including phenoxy) is 2. The summed E-state index contributed by atoms with van der Waals surface area (Å²) >= 11 is 0. The molecule has 0 amide bonds. The Kier molecular flexibility index (Phi) is 4.11. The van der Waals surface area contributed by atoms with E-state index in [4.69, 9.17) is 15.2 Å². The summed E-state index contributed by atoms with van der Waals surface area (Å²) in [5.74, 6) is -0.0511. The second-order valence-corrected chi connectivity index (χ2v) is 4.25. The first-order valence-electron chi connectivity index (χ1n) is 5.73. The number of carbonyl (C=O) groups excluding carboxylic acids is 1. The number of H-pyrrole nitrogens is 1. The molecule has 17 heavy (non-hydrogen) atoms. The van der Waals surface area contributed by atoms with Gasteiger partial charge in [0.2, 0.25) is 0 Å². The molecule has 3 N–H and O–H groups in total. The van der Waals surface area contributed by atoms with Gasteiger partial charge in [-0.3, -0.25) is 4.79 Å². The molecule has 0 aromatic carbocycles. The molecule has 1 saturated heterocycles. The average molecular weight is 239 g/mol. The summed E-state index contributed by atoms with van der Waals surface area (Å²) in [6.07, 6.45) is 4.57. The highest BCUT2D eigenvalue weighted by molar-refractivity contribution is 5.75. The standard InChI is InChI=1S/C11H17N3O3/c12-10(3-9-4-13-7-14-9)11(15)17-6-8-1-2-16-5-8/h4,7-8,10H,1-3,5-6,12H2,(H,13,14)/t8?,10-/m1/s1. The minimum Gasteiger partial charge on any atom is -0.464 e. The molecule has 1 aliphatic rings. The van der Waals surface area contributed by atoms with Crippen molar-refractivity contribution < 1.29 is 14.3 Å². The van der Waals surface area contributed by atoms with Crippen LogP contribution in [0.15, 0.2) is 12.5 Å². The van der Waals surface area contributed by atoms with Crippen LogP contribution in [-0.2, 0) is 20.7 Å². The molecule has 1 unspecified atom stereocenters. The summed E-state index contributed by atoms with van der Waals surface area (Å²) < 4.78 is 10.4. The van der Waals surface area contributed by atoms with Crippen LogP contribution in [0.5, 0.6) is 0 Å². The molecule has 0 spiro atoms. The van der Waals surface area contributed by atoms with Crippen LogP contribution in [0.25, 0.3) is 0 Å². The van der Waals surface area contributed by atoms with Crippen LogP contribution in [0, 0.1) is 5.92 Å². The van der Waals surface area contributed by atoms with Crippen LogP contribution in [0.3, 0.4) is 0 Å². The average Bonchev–Trinajstić information content (AvgIpc) is 2.98. The van der Waals surface area contributed by atoms with Crippen LogP contribution >= 0.6 is 0 Å². The lowest BCUT2D eigenvalue weighted by atomic mass is 10.1. The first kappa shape index (κ1) is 12.1. The molecule has 0 saturated carbocycles. The molecule has 1 aliphatic heterocycles. The maximum Gasteiger partial charge on any atom is 0.323 e. The molecule has 2 atom stereocenters. The quantitative estimate of drug-likeness (QED) is 0.698. The lowest BCUT2D eigenvalue weighted by Gasteiger charge is -2.12. The van der Waals surface area contributed by atoms with Crippen molar-refractivity contribution in [3.05, 3.63) is 18.2 Å². The lowest BCUT2D eigenvalue weighted by molar-refractivity contribution is -0.146. The minimum atomic E-state index is -0.641. The Bertz CT molecular complexity index is 347. The zero-order valence-electron chi connectivity index (χ0n) is 9.59. The number of hydrogen-bond donors (Lipinski definition) is 2. The summed E-state index contributed by atoms with van der Waals surface area (Å²) in [7, 11) is 0. The van der Waals surface area contributed by atoms with Gasteiger partial charge < -0.3 is 20.2 Å². The number of aromatic amines is 1. The Morgan fingerprint density at radius 3 is 3.29 bits per heavy atom. The van der Waals surface area contributed by atoms with E-state index < -0.39 is 6.04 Å². The lowest BCUT2D eigenvalue weighted by Crippen LogP contribution is -2.35. The van der Waals surface area contributed by atoms with Crippen LogP contribution in [0.1, 0.15) is 12.1 Å². The highest BCUT2D eigenvalue weighted by Gasteiger charge is 2.21. The van der Waals surface area contributed by atoms with E-state index in [9.17, 15) is 4.79 Å². The van der Waals surface area contributed by atoms with Crippen molar-refractivity contribution in [1.29, 1.82) is 0 Å². The van der Waals surface area contributed by atoms with Crippen molar-refractivity contribution >= 4 is 5.97 Å². The number of nitrogens with zero attached hydrogens (tertiary/aromatic N) is 1. The summed E-state index contributed by atoms with van der Waals surface area (Å²) in [5, 5.41) is 0. The molecule has 1 fully saturated rings. The number of nitrogens with one attached hydrogen (secondary N) is 1. The molecule has 94 valence electrons. The van der Waals surface area contributed by atoms with Gasteiger partial charge in [-0.2, -0.15) is 0 Å². The van der Waals surface area contributed by atoms with Gasteiger partial charge in [-0.25, -0.2) is 4.98 Å². The molecule has 0 bridgehead atoms. The van der Waals surface area contributed by atoms with E-state index in [1.54, 1.807) is 12.5 Å².